The largest absolute Gasteiger partial charge is 0.573 e. The van der Waals surface area contributed by atoms with Crippen molar-refractivity contribution in [2.45, 2.75) is 44.2 Å². The Balaban J connectivity index is 1.46. The zero-order valence-corrected chi connectivity index (χ0v) is 15.3. The van der Waals surface area contributed by atoms with Crippen molar-refractivity contribution >= 4 is 17.5 Å². The lowest BCUT2D eigenvalue weighted by atomic mass is 9.92. The van der Waals surface area contributed by atoms with E-state index >= 15 is 0 Å². The first-order valence-electron chi connectivity index (χ1n) is 8.59. The molecule has 150 valence electrons. The minimum atomic E-state index is -4.76. The number of hydrogen-bond donors (Lipinski definition) is 1. The Morgan fingerprint density at radius 2 is 1.68 bits per heavy atom. The third-order valence-electron chi connectivity index (χ3n) is 4.23. The van der Waals surface area contributed by atoms with E-state index in [0.29, 0.717) is 17.9 Å². The van der Waals surface area contributed by atoms with Crippen molar-refractivity contribution in [3.8, 4) is 11.8 Å². The summed E-state index contributed by atoms with van der Waals surface area (Å²) in [6.45, 7) is 0. The van der Waals surface area contributed by atoms with E-state index in [2.05, 4.69) is 20.0 Å². The molecular weight excluding hydrogens is 399 g/mol. The third kappa shape index (κ3) is 5.98. The molecule has 28 heavy (non-hydrogen) atoms. The lowest BCUT2D eigenvalue weighted by Gasteiger charge is -2.28. The standard InChI is InChI=1S/C18H17ClF3N3O3/c19-12-9-23-17(24-10-12)27-14-7-3-13(4-8-14)25-16(26)11-1-5-15(6-2-11)28-18(20,21)22/h1-2,5-6,9-10,13-14H,3-4,7-8H2,(H,25,26). The summed E-state index contributed by atoms with van der Waals surface area (Å²) in [7, 11) is 0. The van der Waals surface area contributed by atoms with Crippen molar-refractivity contribution in [2.75, 3.05) is 0 Å². The summed E-state index contributed by atoms with van der Waals surface area (Å²) in [6.07, 6.45) is 0.958. The van der Waals surface area contributed by atoms with Gasteiger partial charge >= 0.3 is 12.4 Å². The number of aromatic nitrogens is 2. The van der Waals surface area contributed by atoms with Gasteiger partial charge in [-0.2, -0.15) is 0 Å². The van der Waals surface area contributed by atoms with E-state index in [1.807, 2.05) is 0 Å². The molecule has 0 atom stereocenters. The second kappa shape index (κ2) is 8.64. The van der Waals surface area contributed by atoms with Crippen LogP contribution >= 0.6 is 11.6 Å². The van der Waals surface area contributed by atoms with Crippen molar-refractivity contribution < 1.29 is 27.4 Å². The molecule has 1 N–H and O–H groups in total. The summed E-state index contributed by atoms with van der Waals surface area (Å²) >= 11 is 5.73. The predicted molar refractivity (Wildman–Crippen MR) is 94.3 cm³/mol. The number of benzene rings is 1. The highest BCUT2D eigenvalue weighted by Crippen LogP contribution is 2.24. The van der Waals surface area contributed by atoms with E-state index < -0.39 is 6.36 Å². The maximum absolute atomic E-state index is 12.3. The van der Waals surface area contributed by atoms with Gasteiger partial charge in [-0.15, -0.1) is 13.2 Å². The molecule has 0 spiro atoms. The molecule has 0 bridgehead atoms. The molecule has 3 rings (SSSR count). The topological polar surface area (TPSA) is 73.3 Å². The maximum atomic E-state index is 12.3. The van der Waals surface area contributed by atoms with Crippen LogP contribution in [0.3, 0.4) is 0 Å². The van der Waals surface area contributed by atoms with Gasteiger partial charge in [-0.25, -0.2) is 9.97 Å². The van der Waals surface area contributed by atoms with Gasteiger partial charge in [-0.1, -0.05) is 11.6 Å². The fraction of sp³-hybridized carbons (Fsp3) is 0.389. The van der Waals surface area contributed by atoms with Gasteiger partial charge in [0, 0.05) is 11.6 Å². The van der Waals surface area contributed by atoms with Crippen LogP contribution in [0.4, 0.5) is 13.2 Å². The van der Waals surface area contributed by atoms with Crippen LogP contribution in [0.25, 0.3) is 0 Å². The third-order valence-corrected chi connectivity index (χ3v) is 4.42. The first kappa shape index (κ1) is 20.2. The average molecular weight is 416 g/mol. The van der Waals surface area contributed by atoms with Gasteiger partial charge in [0.1, 0.15) is 11.9 Å². The normalized spacial score (nSPS) is 19.7. The molecule has 10 heteroatoms. The van der Waals surface area contributed by atoms with E-state index in [-0.39, 0.29) is 35.4 Å². The molecule has 0 unspecified atom stereocenters. The summed E-state index contributed by atoms with van der Waals surface area (Å²) in [4.78, 5) is 20.3. The van der Waals surface area contributed by atoms with Crippen molar-refractivity contribution in [2.24, 2.45) is 0 Å². The molecule has 1 aromatic heterocycles. The summed E-state index contributed by atoms with van der Waals surface area (Å²) in [5.41, 5.74) is 0.266. The van der Waals surface area contributed by atoms with E-state index in [0.717, 1.165) is 25.0 Å². The number of nitrogens with zero attached hydrogens (tertiary/aromatic N) is 2. The zero-order chi connectivity index (χ0) is 20.1. The van der Waals surface area contributed by atoms with Crippen LogP contribution in [0.5, 0.6) is 11.8 Å². The number of hydrogen-bond acceptors (Lipinski definition) is 5. The molecule has 1 saturated carbocycles. The molecule has 1 aliphatic rings. The van der Waals surface area contributed by atoms with Crippen molar-refractivity contribution in [3.63, 3.8) is 0 Å². The van der Waals surface area contributed by atoms with Gasteiger partial charge in [0.25, 0.3) is 5.91 Å². The van der Waals surface area contributed by atoms with Gasteiger partial charge in [0.15, 0.2) is 0 Å². The first-order valence-corrected chi connectivity index (χ1v) is 8.97. The van der Waals surface area contributed by atoms with E-state index in [1.54, 1.807) is 0 Å². The molecule has 1 amide bonds. The SMILES string of the molecule is O=C(NC1CCC(Oc2ncc(Cl)cn2)CC1)c1ccc(OC(F)(F)F)cc1. The minimum Gasteiger partial charge on any atom is -0.460 e. The Morgan fingerprint density at radius 3 is 2.25 bits per heavy atom. The Hall–Kier alpha value is -2.55. The zero-order valence-electron chi connectivity index (χ0n) is 14.6. The van der Waals surface area contributed by atoms with Crippen LogP contribution in [0.1, 0.15) is 36.0 Å². The lowest BCUT2D eigenvalue weighted by molar-refractivity contribution is -0.274. The van der Waals surface area contributed by atoms with E-state index in [1.165, 1.54) is 24.5 Å². The Labute approximate surface area is 164 Å². The summed E-state index contributed by atoms with van der Waals surface area (Å²) in [5.74, 6) is -0.713. The van der Waals surface area contributed by atoms with E-state index in [4.69, 9.17) is 16.3 Å². The second-order valence-electron chi connectivity index (χ2n) is 6.32. The van der Waals surface area contributed by atoms with Gasteiger partial charge < -0.3 is 14.8 Å². The highest BCUT2D eigenvalue weighted by atomic mass is 35.5. The van der Waals surface area contributed by atoms with Crippen molar-refractivity contribution in [1.82, 2.24) is 15.3 Å². The molecule has 0 saturated heterocycles. The summed E-state index contributed by atoms with van der Waals surface area (Å²) < 4.78 is 46.0. The quantitative estimate of drug-likeness (QED) is 0.794. The average Bonchev–Trinajstić information content (AvgIpc) is 2.64. The number of carbonyl (C=O) groups is 1. The second-order valence-corrected chi connectivity index (χ2v) is 6.76. The Morgan fingerprint density at radius 1 is 1.07 bits per heavy atom. The number of rotatable bonds is 5. The number of nitrogens with one attached hydrogen (secondary N) is 1. The molecule has 2 aromatic rings. The van der Waals surface area contributed by atoms with Crippen molar-refractivity contribution in [3.05, 3.63) is 47.2 Å². The van der Waals surface area contributed by atoms with Crippen LogP contribution in [-0.2, 0) is 0 Å². The monoisotopic (exact) mass is 415 g/mol. The van der Waals surface area contributed by atoms with E-state index in [9.17, 15) is 18.0 Å². The fourth-order valence-corrected chi connectivity index (χ4v) is 3.01. The summed E-state index contributed by atoms with van der Waals surface area (Å²) in [5, 5.41) is 3.32. The van der Waals surface area contributed by atoms with Gasteiger partial charge in [0.2, 0.25) is 0 Å². The van der Waals surface area contributed by atoms with Crippen LogP contribution < -0.4 is 14.8 Å². The highest BCUT2D eigenvalue weighted by Gasteiger charge is 2.31. The van der Waals surface area contributed by atoms with Crippen molar-refractivity contribution in [1.29, 1.82) is 0 Å². The Kier molecular flexibility index (Phi) is 6.23. The predicted octanol–water partition coefficient (Wildman–Crippen LogP) is 4.15. The number of halogens is 4. The van der Waals surface area contributed by atoms with Gasteiger partial charge in [0.05, 0.1) is 17.4 Å². The van der Waals surface area contributed by atoms with Crippen LogP contribution in [0, 0.1) is 0 Å². The van der Waals surface area contributed by atoms with Crippen LogP contribution in [0.15, 0.2) is 36.7 Å². The smallest absolute Gasteiger partial charge is 0.460 e. The fourth-order valence-electron chi connectivity index (χ4n) is 2.91. The number of carbonyl (C=O) groups excluding carboxylic acids is 1. The Bertz CT molecular complexity index is 792. The molecule has 0 radical (unpaired) electrons. The number of amides is 1. The minimum absolute atomic E-state index is 0.0374. The number of alkyl halides is 3. The first-order chi connectivity index (χ1) is 13.3. The number of ether oxygens (including phenoxy) is 2. The molecule has 1 heterocycles. The molecule has 6 nitrogen and oxygen atoms in total. The molecular formula is C18H17ClF3N3O3. The molecule has 1 fully saturated rings. The molecule has 0 aliphatic heterocycles. The van der Waals surface area contributed by atoms with Gasteiger partial charge in [-0.05, 0) is 49.9 Å². The van der Waals surface area contributed by atoms with Crippen LogP contribution in [0.2, 0.25) is 5.02 Å². The lowest BCUT2D eigenvalue weighted by Crippen LogP contribution is -2.39. The molecule has 1 aliphatic carbocycles. The van der Waals surface area contributed by atoms with Crippen LogP contribution in [-0.4, -0.2) is 34.4 Å². The highest BCUT2D eigenvalue weighted by molar-refractivity contribution is 6.30. The van der Waals surface area contributed by atoms with Gasteiger partial charge in [-0.3, -0.25) is 4.79 Å². The summed E-state index contributed by atoms with van der Waals surface area (Å²) in [6, 6.07) is 5.03. The maximum Gasteiger partial charge on any atom is 0.573 e. The molecule has 1 aromatic carbocycles.